The minimum Gasteiger partial charge on any atom is -0.278 e. The van der Waals surface area contributed by atoms with Crippen molar-refractivity contribution in [1.29, 1.82) is 0 Å². The van der Waals surface area contributed by atoms with Gasteiger partial charge in [0.25, 0.3) is 0 Å². The first-order valence-electron chi connectivity index (χ1n) is 6.11. The van der Waals surface area contributed by atoms with E-state index in [1.807, 2.05) is 0 Å². The van der Waals surface area contributed by atoms with Crippen LogP contribution in [0.4, 0.5) is 0 Å². The number of β-lactam (4-membered cyclic amide) rings is 1. The van der Waals surface area contributed by atoms with Crippen molar-refractivity contribution in [2.45, 2.75) is 57.9 Å². The van der Waals surface area contributed by atoms with E-state index in [1.165, 1.54) is 4.90 Å². The third kappa shape index (κ3) is 1.80. The maximum Gasteiger partial charge on any atom is 0.234 e. The number of carbonyl (C=O) groups is 2. The lowest BCUT2D eigenvalue weighted by Gasteiger charge is -2.42. The molecule has 1 saturated carbocycles. The molecule has 0 radical (unpaired) electrons. The standard InChI is InChI=1S/C12H19NO2/c1-2-3-4-8-11(14)13-10-7-5-6-9(10)12(13)15/h9-10H,2-8H2,1H3/t9-,10+/m1/s1. The second kappa shape index (κ2) is 4.33. The van der Waals surface area contributed by atoms with E-state index in [0.29, 0.717) is 6.42 Å². The summed E-state index contributed by atoms with van der Waals surface area (Å²) >= 11 is 0. The van der Waals surface area contributed by atoms with Crippen molar-refractivity contribution in [1.82, 2.24) is 4.90 Å². The number of nitrogens with zero attached hydrogens (tertiary/aromatic N) is 1. The maximum atomic E-state index is 11.8. The molecule has 2 atom stereocenters. The predicted molar refractivity (Wildman–Crippen MR) is 57.1 cm³/mol. The molecule has 0 aromatic heterocycles. The molecule has 0 unspecified atom stereocenters. The molecule has 84 valence electrons. The zero-order chi connectivity index (χ0) is 10.8. The number of hydrogen-bond donors (Lipinski definition) is 0. The number of likely N-dealkylation sites (tertiary alicyclic amines) is 1. The minimum atomic E-state index is 0.0663. The van der Waals surface area contributed by atoms with Crippen molar-refractivity contribution in [2.24, 2.45) is 5.92 Å². The first-order valence-corrected chi connectivity index (χ1v) is 6.11. The van der Waals surface area contributed by atoms with Gasteiger partial charge in [0.2, 0.25) is 11.8 Å². The van der Waals surface area contributed by atoms with Crippen LogP contribution in [-0.4, -0.2) is 22.8 Å². The van der Waals surface area contributed by atoms with Crippen LogP contribution < -0.4 is 0 Å². The van der Waals surface area contributed by atoms with E-state index in [-0.39, 0.29) is 23.8 Å². The fourth-order valence-corrected chi connectivity index (χ4v) is 2.75. The molecule has 2 rings (SSSR count). The summed E-state index contributed by atoms with van der Waals surface area (Å²) in [5.74, 6) is 0.357. The summed E-state index contributed by atoms with van der Waals surface area (Å²) in [4.78, 5) is 24.9. The number of rotatable bonds is 4. The first kappa shape index (κ1) is 10.7. The van der Waals surface area contributed by atoms with Crippen molar-refractivity contribution >= 4 is 11.8 Å². The lowest BCUT2D eigenvalue weighted by atomic mass is 9.90. The van der Waals surface area contributed by atoms with Crippen LogP contribution in [0.3, 0.4) is 0 Å². The van der Waals surface area contributed by atoms with Gasteiger partial charge in [0, 0.05) is 6.42 Å². The van der Waals surface area contributed by atoms with Gasteiger partial charge in [-0.15, -0.1) is 0 Å². The topological polar surface area (TPSA) is 37.4 Å². The summed E-state index contributed by atoms with van der Waals surface area (Å²) in [6.07, 6.45) is 6.84. The average Bonchev–Trinajstić information content (AvgIpc) is 2.62. The second-order valence-electron chi connectivity index (χ2n) is 4.66. The molecule has 1 heterocycles. The number of carbonyl (C=O) groups excluding carboxylic acids is 2. The maximum absolute atomic E-state index is 11.8. The van der Waals surface area contributed by atoms with Crippen molar-refractivity contribution < 1.29 is 9.59 Å². The van der Waals surface area contributed by atoms with Crippen molar-refractivity contribution in [3.8, 4) is 0 Å². The fourth-order valence-electron chi connectivity index (χ4n) is 2.75. The highest BCUT2D eigenvalue weighted by Crippen LogP contribution is 2.40. The van der Waals surface area contributed by atoms with Gasteiger partial charge < -0.3 is 0 Å². The van der Waals surface area contributed by atoms with Crippen LogP contribution in [0.15, 0.2) is 0 Å². The molecule has 0 N–H and O–H groups in total. The molecule has 0 aromatic rings. The van der Waals surface area contributed by atoms with E-state index in [0.717, 1.165) is 38.5 Å². The highest BCUT2D eigenvalue weighted by Gasteiger charge is 2.51. The summed E-state index contributed by atoms with van der Waals surface area (Å²) in [6, 6.07) is 0.270. The summed E-state index contributed by atoms with van der Waals surface area (Å²) in [6.45, 7) is 2.12. The molecular weight excluding hydrogens is 190 g/mol. The molecule has 0 bridgehead atoms. The number of fused-ring (bicyclic) bond motifs is 1. The Morgan fingerprint density at radius 3 is 2.93 bits per heavy atom. The molecule has 0 aromatic carbocycles. The van der Waals surface area contributed by atoms with Crippen LogP contribution in [0.1, 0.15) is 51.9 Å². The van der Waals surface area contributed by atoms with Gasteiger partial charge in [-0.2, -0.15) is 0 Å². The Morgan fingerprint density at radius 1 is 1.40 bits per heavy atom. The largest absolute Gasteiger partial charge is 0.278 e. The Hall–Kier alpha value is -0.860. The Morgan fingerprint density at radius 2 is 2.20 bits per heavy atom. The van der Waals surface area contributed by atoms with Gasteiger partial charge in [-0.25, -0.2) is 0 Å². The van der Waals surface area contributed by atoms with Gasteiger partial charge in [-0.3, -0.25) is 14.5 Å². The monoisotopic (exact) mass is 209 g/mol. The van der Waals surface area contributed by atoms with Crippen molar-refractivity contribution in [3.63, 3.8) is 0 Å². The van der Waals surface area contributed by atoms with Crippen LogP contribution >= 0.6 is 0 Å². The highest BCUT2D eigenvalue weighted by atomic mass is 16.2. The van der Waals surface area contributed by atoms with Crippen molar-refractivity contribution in [2.75, 3.05) is 0 Å². The van der Waals surface area contributed by atoms with E-state index in [1.54, 1.807) is 0 Å². The van der Waals surface area contributed by atoms with Gasteiger partial charge in [0.15, 0.2) is 0 Å². The summed E-state index contributed by atoms with van der Waals surface area (Å²) in [5.41, 5.74) is 0. The van der Waals surface area contributed by atoms with Crippen LogP contribution in [0, 0.1) is 5.92 Å². The first-order chi connectivity index (χ1) is 7.25. The number of unbranched alkanes of at least 4 members (excludes halogenated alkanes) is 2. The van der Waals surface area contributed by atoms with Crippen LogP contribution in [0.2, 0.25) is 0 Å². The molecule has 2 aliphatic rings. The SMILES string of the molecule is CCCCCC(=O)N1C(=O)[C@@H]2CCC[C@@H]21. The predicted octanol–water partition coefficient (Wildman–Crippen LogP) is 2.10. The van der Waals surface area contributed by atoms with Gasteiger partial charge in [0.05, 0.1) is 12.0 Å². The Balaban J connectivity index is 1.83. The van der Waals surface area contributed by atoms with Gasteiger partial charge in [0.1, 0.15) is 0 Å². The molecule has 15 heavy (non-hydrogen) atoms. The quantitative estimate of drug-likeness (QED) is 0.525. The lowest BCUT2D eigenvalue weighted by molar-refractivity contribution is -0.164. The van der Waals surface area contributed by atoms with E-state index in [2.05, 4.69) is 6.92 Å². The van der Waals surface area contributed by atoms with E-state index in [4.69, 9.17) is 0 Å². The highest BCUT2D eigenvalue weighted by molar-refractivity contribution is 6.02. The van der Waals surface area contributed by atoms with Crippen LogP contribution in [0.5, 0.6) is 0 Å². The van der Waals surface area contributed by atoms with E-state index in [9.17, 15) is 9.59 Å². The third-order valence-corrected chi connectivity index (χ3v) is 3.63. The number of hydrogen-bond acceptors (Lipinski definition) is 2. The molecule has 1 aliphatic carbocycles. The lowest BCUT2D eigenvalue weighted by Crippen LogP contribution is -2.60. The minimum absolute atomic E-state index is 0.0663. The van der Waals surface area contributed by atoms with Gasteiger partial charge >= 0.3 is 0 Å². The molecule has 1 aliphatic heterocycles. The Bertz CT molecular complexity index is 275. The number of imide groups is 1. The van der Waals surface area contributed by atoms with Crippen LogP contribution in [0.25, 0.3) is 0 Å². The van der Waals surface area contributed by atoms with E-state index < -0.39 is 0 Å². The van der Waals surface area contributed by atoms with Crippen LogP contribution in [-0.2, 0) is 9.59 Å². The summed E-state index contributed by atoms with van der Waals surface area (Å²) in [7, 11) is 0. The van der Waals surface area contributed by atoms with Gasteiger partial charge in [-0.1, -0.05) is 26.2 Å². The normalized spacial score (nSPS) is 28.9. The Kier molecular flexibility index (Phi) is 3.08. The molecule has 1 saturated heterocycles. The second-order valence-corrected chi connectivity index (χ2v) is 4.66. The zero-order valence-electron chi connectivity index (χ0n) is 9.37. The molecule has 2 amide bonds. The third-order valence-electron chi connectivity index (χ3n) is 3.63. The van der Waals surface area contributed by atoms with E-state index >= 15 is 0 Å². The molecular formula is C12H19NO2. The molecule has 3 heteroatoms. The smallest absolute Gasteiger partial charge is 0.234 e. The molecule has 0 spiro atoms. The zero-order valence-corrected chi connectivity index (χ0v) is 9.37. The number of amides is 2. The fraction of sp³-hybridized carbons (Fsp3) is 0.833. The Labute approximate surface area is 90.8 Å². The van der Waals surface area contributed by atoms with Gasteiger partial charge in [-0.05, 0) is 19.3 Å². The van der Waals surface area contributed by atoms with Crippen molar-refractivity contribution in [3.05, 3.63) is 0 Å². The molecule has 2 fully saturated rings. The average molecular weight is 209 g/mol. The summed E-state index contributed by atoms with van der Waals surface area (Å²) < 4.78 is 0. The molecule has 3 nitrogen and oxygen atoms in total. The summed E-state index contributed by atoms with van der Waals surface area (Å²) in [5, 5.41) is 0.